The van der Waals surface area contributed by atoms with E-state index in [1.807, 2.05) is 20.8 Å². The number of thiazole rings is 1. The number of carboxylic acid groups (broad SMARTS) is 1. The molecule has 106 valence electrons. The van der Waals surface area contributed by atoms with Crippen molar-refractivity contribution in [3.05, 3.63) is 23.8 Å². The first-order chi connectivity index (χ1) is 9.38. The number of rotatable bonds is 4. The summed E-state index contributed by atoms with van der Waals surface area (Å²) in [7, 11) is 0. The zero-order valence-electron chi connectivity index (χ0n) is 11.5. The van der Waals surface area contributed by atoms with E-state index in [2.05, 4.69) is 10.3 Å². The molecule has 20 heavy (non-hydrogen) atoms. The molecule has 0 bridgehead atoms. The Morgan fingerprint density at radius 3 is 2.60 bits per heavy atom. The van der Waals surface area contributed by atoms with Gasteiger partial charge in [0.25, 0.3) is 0 Å². The lowest BCUT2D eigenvalue weighted by molar-refractivity contribution is -0.120. The summed E-state index contributed by atoms with van der Waals surface area (Å²) < 4.78 is 0.748. The fourth-order valence-electron chi connectivity index (χ4n) is 1.63. The second-order valence-electron chi connectivity index (χ2n) is 5.03. The van der Waals surface area contributed by atoms with E-state index in [4.69, 9.17) is 5.11 Å². The van der Waals surface area contributed by atoms with Gasteiger partial charge < -0.3 is 10.4 Å². The Bertz CT molecular complexity index is 663. The van der Waals surface area contributed by atoms with Crippen LogP contribution in [0.15, 0.2) is 18.2 Å². The maximum atomic E-state index is 12.0. The third-order valence-electron chi connectivity index (χ3n) is 3.28. The summed E-state index contributed by atoms with van der Waals surface area (Å²) >= 11 is 1.28. The fourth-order valence-corrected chi connectivity index (χ4v) is 2.54. The van der Waals surface area contributed by atoms with Crippen LogP contribution in [-0.2, 0) is 4.79 Å². The molecule has 1 heterocycles. The lowest BCUT2D eigenvalue weighted by Crippen LogP contribution is -2.24. The number of benzene rings is 1. The second kappa shape index (κ2) is 5.58. The molecule has 1 amide bonds. The summed E-state index contributed by atoms with van der Waals surface area (Å²) in [5.74, 6) is -0.892. The van der Waals surface area contributed by atoms with Crippen LogP contribution < -0.4 is 5.32 Å². The number of amides is 1. The van der Waals surface area contributed by atoms with Crippen LogP contribution in [0.4, 0.5) is 5.13 Å². The van der Waals surface area contributed by atoms with E-state index in [-0.39, 0.29) is 23.3 Å². The molecule has 2 rings (SSSR count). The predicted octanol–water partition coefficient (Wildman–Crippen LogP) is 3.23. The highest BCUT2D eigenvalue weighted by molar-refractivity contribution is 7.22. The van der Waals surface area contributed by atoms with Crippen LogP contribution >= 0.6 is 11.3 Å². The van der Waals surface area contributed by atoms with Crippen molar-refractivity contribution in [3.63, 3.8) is 0 Å². The van der Waals surface area contributed by atoms with Gasteiger partial charge in [0, 0.05) is 5.92 Å². The minimum absolute atomic E-state index is 0.0717. The van der Waals surface area contributed by atoms with Crippen molar-refractivity contribution in [2.45, 2.75) is 20.8 Å². The predicted molar refractivity (Wildman–Crippen MR) is 79.2 cm³/mol. The lowest BCUT2D eigenvalue weighted by Gasteiger charge is -2.13. The minimum atomic E-state index is -0.973. The highest BCUT2D eigenvalue weighted by atomic mass is 32.1. The highest BCUT2D eigenvalue weighted by Crippen LogP contribution is 2.27. The van der Waals surface area contributed by atoms with Crippen LogP contribution in [-0.4, -0.2) is 22.0 Å². The molecule has 0 aliphatic rings. The highest BCUT2D eigenvalue weighted by Gasteiger charge is 2.18. The van der Waals surface area contributed by atoms with E-state index in [9.17, 15) is 9.59 Å². The number of nitrogens with zero attached hydrogens (tertiary/aromatic N) is 1. The molecule has 0 aliphatic carbocycles. The number of aromatic nitrogens is 1. The Morgan fingerprint density at radius 1 is 1.30 bits per heavy atom. The molecule has 0 fully saturated rings. The third kappa shape index (κ3) is 2.96. The Kier molecular flexibility index (Phi) is 4.04. The topological polar surface area (TPSA) is 79.3 Å². The fraction of sp³-hybridized carbons (Fsp3) is 0.357. The van der Waals surface area contributed by atoms with E-state index >= 15 is 0 Å². The summed E-state index contributed by atoms with van der Waals surface area (Å²) in [6.45, 7) is 5.85. The number of fused-ring (bicyclic) bond motifs is 1. The number of carbonyl (C=O) groups is 2. The van der Waals surface area contributed by atoms with Gasteiger partial charge in [-0.15, -0.1) is 0 Å². The Balaban J connectivity index is 2.24. The first-order valence-electron chi connectivity index (χ1n) is 6.33. The van der Waals surface area contributed by atoms with E-state index in [1.165, 1.54) is 17.4 Å². The first-order valence-corrected chi connectivity index (χ1v) is 7.15. The van der Waals surface area contributed by atoms with E-state index < -0.39 is 5.97 Å². The second-order valence-corrected chi connectivity index (χ2v) is 6.06. The van der Waals surface area contributed by atoms with Crippen LogP contribution in [0.5, 0.6) is 0 Å². The van der Waals surface area contributed by atoms with E-state index in [0.29, 0.717) is 10.6 Å². The molecule has 5 nitrogen and oxygen atoms in total. The number of nitrogens with one attached hydrogen (secondary N) is 1. The monoisotopic (exact) mass is 292 g/mol. The van der Waals surface area contributed by atoms with Gasteiger partial charge in [-0.25, -0.2) is 9.78 Å². The molecule has 0 spiro atoms. The maximum absolute atomic E-state index is 12.0. The molecule has 2 aromatic rings. The van der Waals surface area contributed by atoms with Gasteiger partial charge in [-0.1, -0.05) is 32.1 Å². The van der Waals surface area contributed by atoms with Crippen LogP contribution in [0, 0.1) is 11.8 Å². The van der Waals surface area contributed by atoms with Crippen molar-refractivity contribution in [2.24, 2.45) is 11.8 Å². The lowest BCUT2D eigenvalue weighted by atomic mass is 9.97. The molecule has 1 atom stereocenters. The average Bonchev–Trinajstić information content (AvgIpc) is 2.78. The van der Waals surface area contributed by atoms with E-state index in [1.54, 1.807) is 12.1 Å². The number of carboxylic acids is 1. The SMILES string of the molecule is CC(C)C(C)C(=O)Nc1nc2ccc(C(=O)O)cc2s1. The molecule has 2 N–H and O–H groups in total. The van der Waals surface area contributed by atoms with Gasteiger partial charge in [0.2, 0.25) is 5.91 Å². The molecular weight excluding hydrogens is 276 g/mol. The van der Waals surface area contributed by atoms with Crippen LogP contribution in [0.3, 0.4) is 0 Å². The summed E-state index contributed by atoms with van der Waals surface area (Å²) in [6, 6.07) is 4.72. The maximum Gasteiger partial charge on any atom is 0.335 e. The molecule has 0 saturated heterocycles. The molecule has 0 saturated carbocycles. The van der Waals surface area contributed by atoms with Crippen LogP contribution in [0.2, 0.25) is 0 Å². The summed E-state index contributed by atoms with van der Waals surface area (Å²) in [6.07, 6.45) is 0. The zero-order chi connectivity index (χ0) is 14.9. The molecule has 6 heteroatoms. The molecular formula is C14H16N2O3S. The number of hydrogen-bond donors (Lipinski definition) is 2. The zero-order valence-corrected chi connectivity index (χ0v) is 12.3. The van der Waals surface area contributed by atoms with Gasteiger partial charge >= 0.3 is 5.97 Å². The van der Waals surface area contributed by atoms with Crippen molar-refractivity contribution < 1.29 is 14.7 Å². The van der Waals surface area contributed by atoms with Gasteiger partial charge in [0.1, 0.15) is 0 Å². The molecule has 0 radical (unpaired) electrons. The van der Waals surface area contributed by atoms with Gasteiger partial charge in [-0.3, -0.25) is 4.79 Å². The van der Waals surface area contributed by atoms with Gasteiger partial charge in [0.05, 0.1) is 15.8 Å². The number of hydrogen-bond acceptors (Lipinski definition) is 4. The minimum Gasteiger partial charge on any atom is -0.478 e. The van der Waals surface area contributed by atoms with Crippen LogP contribution in [0.25, 0.3) is 10.2 Å². The van der Waals surface area contributed by atoms with Crippen molar-refractivity contribution in [1.82, 2.24) is 4.98 Å². The van der Waals surface area contributed by atoms with E-state index in [0.717, 1.165) is 4.70 Å². The molecule has 1 aromatic carbocycles. The number of anilines is 1. The molecule has 1 aromatic heterocycles. The molecule has 0 aliphatic heterocycles. The Morgan fingerprint density at radius 2 is 2.00 bits per heavy atom. The summed E-state index contributed by atoms with van der Waals surface area (Å²) in [4.78, 5) is 27.2. The van der Waals surface area contributed by atoms with Crippen LogP contribution in [0.1, 0.15) is 31.1 Å². The Labute approximate surface area is 120 Å². The standard InChI is InChI=1S/C14H16N2O3S/c1-7(2)8(3)12(17)16-14-15-10-5-4-9(13(18)19)6-11(10)20-14/h4-8H,1-3H3,(H,18,19)(H,15,16,17). The Hall–Kier alpha value is -1.95. The number of aromatic carboxylic acids is 1. The van der Waals surface area contributed by atoms with Gasteiger partial charge in [0.15, 0.2) is 5.13 Å². The smallest absolute Gasteiger partial charge is 0.335 e. The van der Waals surface area contributed by atoms with Crippen molar-refractivity contribution in [2.75, 3.05) is 5.32 Å². The van der Waals surface area contributed by atoms with Gasteiger partial charge in [-0.2, -0.15) is 0 Å². The average molecular weight is 292 g/mol. The van der Waals surface area contributed by atoms with Crippen molar-refractivity contribution >= 4 is 38.6 Å². The first kappa shape index (κ1) is 14.5. The van der Waals surface area contributed by atoms with Crippen molar-refractivity contribution in [1.29, 1.82) is 0 Å². The molecule has 1 unspecified atom stereocenters. The summed E-state index contributed by atoms with van der Waals surface area (Å²) in [5.41, 5.74) is 0.905. The quantitative estimate of drug-likeness (QED) is 0.906. The van der Waals surface area contributed by atoms with Gasteiger partial charge in [-0.05, 0) is 24.1 Å². The third-order valence-corrected chi connectivity index (χ3v) is 4.21. The van der Waals surface area contributed by atoms with Crippen molar-refractivity contribution in [3.8, 4) is 0 Å². The largest absolute Gasteiger partial charge is 0.478 e. The summed E-state index contributed by atoms with van der Waals surface area (Å²) in [5, 5.41) is 12.2. The normalized spacial score (nSPS) is 12.6. The number of carbonyl (C=O) groups excluding carboxylic acids is 1.